The molecule has 0 bridgehead atoms. The molecule has 1 N–H and O–H groups in total. The van der Waals surface area contributed by atoms with Crippen LogP contribution in [0.1, 0.15) is 22.3 Å². The monoisotopic (exact) mass is 446 g/mol. The highest BCUT2D eigenvalue weighted by molar-refractivity contribution is 6.34. The Morgan fingerprint density at radius 3 is 2.47 bits per heavy atom. The molecular weight excluding hydrogens is 424 g/mol. The van der Waals surface area contributed by atoms with Gasteiger partial charge in [0.2, 0.25) is 0 Å². The summed E-state index contributed by atoms with van der Waals surface area (Å²) in [6, 6.07) is 20.2. The van der Waals surface area contributed by atoms with E-state index in [2.05, 4.69) is 23.5 Å². The van der Waals surface area contributed by atoms with Crippen molar-refractivity contribution in [1.29, 1.82) is 5.26 Å². The van der Waals surface area contributed by atoms with E-state index in [0.29, 0.717) is 34.4 Å². The van der Waals surface area contributed by atoms with E-state index in [4.69, 9.17) is 21.1 Å². The zero-order valence-corrected chi connectivity index (χ0v) is 18.9. The van der Waals surface area contributed by atoms with E-state index >= 15 is 0 Å². The number of amides is 1. The van der Waals surface area contributed by atoms with Gasteiger partial charge in [0.15, 0.2) is 0 Å². The van der Waals surface area contributed by atoms with Crippen LogP contribution >= 0.6 is 11.6 Å². The molecule has 0 saturated carbocycles. The maximum absolute atomic E-state index is 12.7. The largest absolute Gasteiger partial charge is 0.497 e. The summed E-state index contributed by atoms with van der Waals surface area (Å²) in [6.45, 7) is 4.41. The van der Waals surface area contributed by atoms with E-state index in [9.17, 15) is 10.1 Å². The molecule has 0 unspecified atom stereocenters. The van der Waals surface area contributed by atoms with Gasteiger partial charge in [-0.25, -0.2) is 0 Å². The van der Waals surface area contributed by atoms with Gasteiger partial charge in [0, 0.05) is 11.6 Å². The summed E-state index contributed by atoms with van der Waals surface area (Å²) in [6.07, 6.45) is 1.49. The van der Waals surface area contributed by atoms with Gasteiger partial charge in [-0.3, -0.25) is 4.79 Å². The number of rotatable bonds is 7. The first-order valence-electron chi connectivity index (χ1n) is 9.95. The van der Waals surface area contributed by atoms with Crippen LogP contribution in [-0.2, 0) is 11.4 Å². The quantitative estimate of drug-likeness (QED) is 0.352. The van der Waals surface area contributed by atoms with E-state index in [1.807, 2.05) is 19.9 Å². The molecule has 0 saturated heterocycles. The van der Waals surface area contributed by atoms with E-state index in [0.717, 1.165) is 16.7 Å². The van der Waals surface area contributed by atoms with Gasteiger partial charge in [-0.15, -0.1) is 0 Å². The number of hydrogen-bond acceptors (Lipinski definition) is 4. The summed E-state index contributed by atoms with van der Waals surface area (Å²) in [4.78, 5) is 12.7. The topological polar surface area (TPSA) is 71.3 Å². The number of carbonyl (C=O) groups excluding carboxylic acids is 1. The Kier molecular flexibility index (Phi) is 7.54. The zero-order valence-electron chi connectivity index (χ0n) is 18.1. The van der Waals surface area contributed by atoms with E-state index < -0.39 is 5.91 Å². The van der Waals surface area contributed by atoms with Crippen LogP contribution in [0.4, 0.5) is 5.69 Å². The minimum absolute atomic E-state index is 0.0775. The van der Waals surface area contributed by atoms with Gasteiger partial charge in [-0.1, -0.05) is 53.1 Å². The molecule has 0 aliphatic heterocycles. The van der Waals surface area contributed by atoms with Crippen LogP contribution in [-0.4, -0.2) is 13.0 Å². The standard InChI is InChI=1S/C26H23ClN2O3/c1-17-10-18(2)12-19(11-17)16-32-25-14-22(31-3)9-8-20(25)13-21(15-28)26(30)29-24-7-5-4-6-23(24)27/h4-14H,16H2,1-3H3,(H,29,30)/b21-13+. The van der Waals surface area contributed by atoms with Crippen molar-refractivity contribution < 1.29 is 14.3 Å². The molecule has 0 spiro atoms. The van der Waals surface area contributed by atoms with Crippen LogP contribution in [0.3, 0.4) is 0 Å². The number of anilines is 1. The Hall–Kier alpha value is -3.75. The summed E-state index contributed by atoms with van der Waals surface area (Å²) < 4.78 is 11.4. The minimum Gasteiger partial charge on any atom is -0.497 e. The van der Waals surface area contributed by atoms with Crippen molar-refractivity contribution in [3.8, 4) is 17.6 Å². The van der Waals surface area contributed by atoms with Crippen molar-refractivity contribution in [2.45, 2.75) is 20.5 Å². The molecule has 5 nitrogen and oxygen atoms in total. The number of nitrogens with one attached hydrogen (secondary N) is 1. The Labute approximate surface area is 192 Å². The number of carbonyl (C=O) groups is 1. The lowest BCUT2D eigenvalue weighted by atomic mass is 10.1. The molecule has 3 aromatic rings. The summed E-state index contributed by atoms with van der Waals surface area (Å²) in [5.74, 6) is 0.551. The van der Waals surface area contributed by atoms with Crippen molar-refractivity contribution in [3.05, 3.63) is 93.5 Å². The number of nitrogens with zero attached hydrogens (tertiary/aromatic N) is 1. The zero-order chi connectivity index (χ0) is 23.1. The molecule has 0 heterocycles. The van der Waals surface area contributed by atoms with Gasteiger partial charge in [-0.05, 0) is 49.8 Å². The molecular formula is C26H23ClN2O3. The Morgan fingerprint density at radius 2 is 1.81 bits per heavy atom. The van der Waals surface area contributed by atoms with Gasteiger partial charge in [0.1, 0.15) is 29.7 Å². The van der Waals surface area contributed by atoms with Crippen molar-refractivity contribution in [3.63, 3.8) is 0 Å². The molecule has 32 heavy (non-hydrogen) atoms. The molecule has 0 aromatic heterocycles. The Morgan fingerprint density at radius 1 is 1.09 bits per heavy atom. The molecule has 3 aromatic carbocycles. The average Bonchev–Trinajstić information content (AvgIpc) is 2.77. The van der Waals surface area contributed by atoms with E-state index in [1.54, 1.807) is 49.6 Å². The minimum atomic E-state index is -0.559. The number of aryl methyl sites for hydroxylation is 2. The number of nitriles is 1. The van der Waals surface area contributed by atoms with Crippen LogP contribution in [0, 0.1) is 25.2 Å². The Balaban J connectivity index is 1.88. The van der Waals surface area contributed by atoms with Gasteiger partial charge in [0.25, 0.3) is 5.91 Å². The number of methoxy groups -OCH3 is 1. The lowest BCUT2D eigenvalue weighted by Crippen LogP contribution is -2.13. The van der Waals surface area contributed by atoms with Crippen LogP contribution in [0.5, 0.6) is 11.5 Å². The average molecular weight is 447 g/mol. The first-order valence-corrected chi connectivity index (χ1v) is 10.3. The second kappa shape index (κ2) is 10.5. The number of para-hydroxylation sites is 1. The second-order valence-corrected chi connectivity index (χ2v) is 7.70. The fourth-order valence-corrected chi connectivity index (χ4v) is 3.44. The first kappa shape index (κ1) is 22.9. The van der Waals surface area contributed by atoms with Gasteiger partial charge in [0.05, 0.1) is 17.8 Å². The van der Waals surface area contributed by atoms with Crippen molar-refractivity contribution in [2.75, 3.05) is 12.4 Å². The number of hydrogen-bond donors (Lipinski definition) is 1. The number of ether oxygens (including phenoxy) is 2. The summed E-state index contributed by atoms with van der Waals surface area (Å²) in [5.41, 5.74) is 4.26. The predicted octanol–water partition coefficient (Wildman–Crippen LogP) is 6.09. The highest BCUT2D eigenvalue weighted by Gasteiger charge is 2.14. The fraction of sp³-hybridized carbons (Fsp3) is 0.154. The third-order valence-corrected chi connectivity index (χ3v) is 5.01. The molecule has 1 amide bonds. The van der Waals surface area contributed by atoms with Crippen molar-refractivity contribution >= 4 is 29.3 Å². The van der Waals surface area contributed by atoms with Crippen molar-refractivity contribution in [2.24, 2.45) is 0 Å². The normalized spacial score (nSPS) is 10.9. The lowest BCUT2D eigenvalue weighted by Gasteiger charge is -2.13. The highest BCUT2D eigenvalue weighted by atomic mass is 35.5. The van der Waals surface area contributed by atoms with Crippen molar-refractivity contribution in [1.82, 2.24) is 0 Å². The fourth-order valence-electron chi connectivity index (χ4n) is 3.26. The predicted molar refractivity (Wildman–Crippen MR) is 127 cm³/mol. The number of halogens is 1. The summed E-state index contributed by atoms with van der Waals surface area (Å²) in [7, 11) is 1.57. The molecule has 6 heteroatoms. The molecule has 0 radical (unpaired) electrons. The third kappa shape index (κ3) is 5.90. The molecule has 3 rings (SSSR count). The maximum Gasteiger partial charge on any atom is 0.266 e. The Bertz CT molecular complexity index is 1190. The van der Waals surface area contributed by atoms with Crippen LogP contribution in [0.15, 0.2) is 66.2 Å². The SMILES string of the molecule is COc1ccc(/C=C(\C#N)C(=O)Nc2ccccc2Cl)c(OCc2cc(C)cc(C)c2)c1. The van der Waals surface area contributed by atoms with Gasteiger partial charge in [-0.2, -0.15) is 5.26 Å². The smallest absolute Gasteiger partial charge is 0.266 e. The van der Waals surface area contributed by atoms with Gasteiger partial charge < -0.3 is 14.8 Å². The van der Waals surface area contributed by atoms with Gasteiger partial charge >= 0.3 is 0 Å². The summed E-state index contributed by atoms with van der Waals surface area (Å²) >= 11 is 6.11. The molecule has 0 aliphatic carbocycles. The molecule has 0 atom stereocenters. The maximum atomic E-state index is 12.7. The molecule has 0 aliphatic rings. The second-order valence-electron chi connectivity index (χ2n) is 7.29. The summed E-state index contributed by atoms with van der Waals surface area (Å²) in [5, 5.41) is 12.6. The molecule has 0 fully saturated rings. The highest BCUT2D eigenvalue weighted by Crippen LogP contribution is 2.28. The first-order chi connectivity index (χ1) is 15.4. The third-order valence-electron chi connectivity index (χ3n) is 4.68. The van der Waals surface area contributed by atoms with E-state index in [1.165, 1.54) is 6.08 Å². The van der Waals surface area contributed by atoms with Crippen LogP contribution < -0.4 is 14.8 Å². The lowest BCUT2D eigenvalue weighted by molar-refractivity contribution is -0.112. The number of benzene rings is 3. The van der Waals surface area contributed by atoms with Crippen LogP contribution in [0.25, 0.3) is 6.08 Å². The van der Waals surface area contributed by atoms with E-state index in [-0.39, 0.29) is 5.57 Å². The van der Waals surface area contributed by atoms with Crippen LogP contribution in [0.2, 0.25) is 5.02 Å². The molecule has 162 valence electrons.